The predicted octanol–water partition coefficient (Wildman–Crippen LogP) is 1.78. The van der Waals surface area contributed by atoms with Gasteiger partial charge in [0.1, 0.15) is 18.3 Å². The number of quaternary nitrogens is 1. The van der Waals surface area contributed by atoms with Crippen molar-refractivity contribution in [2.75, 3.05) is 20.6 Å². The smallest absolute Gasteiger partial charge is 0.268 e. The minimum atomic E-state index is -0.0729. The van der Waals surface area contributed by atoms with Crippen LogP contribution in [0.5, 0.6) is 0 Å². The van der Waals surface area contributed by atoms with E-state index in [1.165, 1.54) is 4.90 Å². The normalized spacial score (nSPS) is 12.5. The highest BCUT2D eigenvalue weighted by atomic mass is 16.1. The molecule has 1 atom stereocenters. The number of para-hydroxylation sites is 1. The van der Waals surface area contributed by atoms with E-state index in [4.69, 9.17) is 0 Å². The molecule has 0 aliphatic rings. The van der Waals surface area contributed by atoms with Crippen molar-refractivity contribution in [2.24, 2.45) is 0 Å². The highest BCUT2D eigenvalue weighted by molar-refractivity contribution is 5.98. The monoisotopic (exact) mass is 308 g/mol. The lowest BCUT2D eigenvalue weighted by Gasteiger charge is -2.20. The average molecular weight is 308 g/mol. The summed E-state index contributed by atoms with van der Waals surface area (Å²) in [5.41, 5.74) is 2.70. The van der Waals surface area contributed by atoms with Crippen LogP contribution in [0.2, 0.25) is 0 Å². The van der Waals surface area contributed by atoms with Crippen molar-refractivity contribution in [1.82, 2.24) is 10.3 Å². The van der Waals surface area contributed by atoms with Crippen LogP contribution in [0, 0.1) is 0 Å². The maximum Gasteiger partial charge on any atom is 0.268 e. The Bertz CT molecular complexity index is 759. The quantitative estimate of drug-likeness (QED) is 0.661. The number of likely N-dealkylation sites (N-methyl/N-ethyl adjacent to an activating group) is 1. The van der Waals surface area contributed by atoms with Gasteiger partial charge in [0.2, 0.25) is 0 Å². The number of carbonyl (C=O) groups is 1. The minimum absolute atomic E-state index is 0.0138. The topological polar surface area (TPSA) is 49.3 Å². The molecule has 0 saturated carbocycles. The minimum Gasteiger partial charge on any atom is -0.351 e. The molecular weight excluding hydrogens is 286 g/mol. The first-order chi connectivity index (χ1) is 11.1. The molecule has 0 radical (unpaired) electrons. The lowest BCUT2D eigenvalue weighted by Crippen LogP contribution is -3.06. The highest BCUT2D eigenvalue weighted by Gasteiger charge is 2.19. The van der Waals surface area contributed by atoms with E-state index in [0.717, 1.165) is 23.0 Å². The molecule has 4 nitrogen and oxygen atoms in total. The van der Waals surface area contributed by atoms with Gasteiger partial charge in [-0.1, -0.05) is 48.5 Å². The van der Waals surface area contributed by atoms with Crippen molar-refractivity contribution in [3.63, 3.8) is 0 Å². The number of fused-ring (bicyclic) bond motifs is 1. The third-order valence-electron chi connectivity index (χ3n) is 3.89. The fraction of sp³-hybridized carbons (Fsp3) is 0.211. The van der Waals surface area contributed by atoms with Gasteiger partial charge in [-0.25, -0.2) is 0 Å². The summed E-state index contributed by atoms with van der Waals surface area (Å²) in [6, 6.07) is 19.9. The zero-order valence-electron chi connectivity index (χ0n) is 13.5. The number of aromatic nitrogens is 1. The van der Waals surface area contributed by atoms with Crippen LogP contribution >= 0.6 is 0 Å². The molecule has 0 aliphatic heterocycles. The van der Waals surface area contributed by atoms with Crippen LogP contribution in [0.15, 0.2) is 60.7 Å². The average Bonchev–Trinajstić information content (AvgIpc) is 2.99. The van der Waals surface area contributed by atoms with E-state index < -0.39 is 0 Å². The first-order valence-corrected chi connectivity index (χ1v) is 7.86. The predicted molar refractivity (Wildman–Crippen MR) is 92.6 cm³/mol. The fourth-order valence-corrected chi connectivity index (χ4v) is 2.78. The Morgan fingerprint density at radius 1 is 1.09 bits per heavy atom. The Balaban J connectivity index is 1.82. The molecule has 0 saturated heterocycles. The van der Waals surface area contributed by atoms with Crippen LogP contribution in [-0.2, 0) is 0 Å². The van der Waals surface area contributed by atoms with E-state index in [1.54, 1.807) is 0 Å². The van der Waals surface area contributed by atoms with Crippen LogP contribution in [-0.4, -0.2) is 31.5 Å². The zero-order valence-corrected chi connectivity index (χ0v) is 13.5. The Morgan fingerprint density at radius 2 is 1.78 bits per heavy atom. The summed E-state index contributed by atoms with van der Waals surface area (Å²) < 4.78 is 0. The highest BCUT2D eigenvalue weighted by Crippen LogP contribution is 2.16. The van der Waals surface area contributed by atoms with E-state index in [2.05, 4.69) is 36.5 Å². The summed E-state index contributed by atoms with van der Waals surface area (Å²) in [5, 5.41) is 4.20. The molecule has 0 bridgehead atoms. The molecule has 3 N–H and O–H groups in total. The Morgan fingerprint density at radius 3 is 2.48 bits per heavy atom. The van der Waals surface area contributed by atoms with Gasteiger partial charge in [0.05, 0.1) is 14.1 Å². The van der Waals surface area contributed by atoms with Gasteiger partial charge < -0.3 is 15.2 Å². The second-order valence-electron chi connectivity index (χ2n) is 6.12. The van der Waals surface area contributed by atoms with Gasteiger partial charge in [0, 0.05) is 10.9 Å². The Kier molecular flexibility index (Phi) is 4.44. The molecular formula is C19H22N3O+. The molecule has 0 aliphatic carbocycles. The molecule has 0 fully saturated rings. The number of hydrogen-bond acceptors (Lipinski definition) is 1. The number of aromatic amines is 1. The van der Waals surface area contributed by atoms with Crippen molar-refractivity contribution in [1.29, 1.82) is 0 Å². The van der Waals surface area contributed by atoms with Gasteiger partial charge in [0.25, 0.3) is 5.91 Å². The van der Waals surface area contributed by atoms with Crippen LogP contribution < -0.4 is 10.2 Å². The molecule has 4 heteroatoms. The lowest BCUT2D eigenvalue weighted by atomic mass is 10.1. The summed E-state index contributed by atoms with van der Waals surface area (Å²) in [7, 11) is 4.18. The third-order valence-corrected chi connectivity index (χ3v) is 3.89. The number of nitrogens with one attached hydrogen (secondary N) is 3. The zero-order chi connectivity index (χ0) is 16.2. The largest absolute Gasteiger partial charge is 0.351 e. The molecule has 0 unspecified atom stereocenters. The number of rotatable bonds is 5. The van der Waals surface area contributed by atoms with Crippen molar-refractivity contribution in [3.05, 3.63) is 71.9 Å². The number of hydrogen-bond donors (Lipinski definition) is 3. The number of carbonyl (C=O) groups excluding carboxylic acids is 1. The molecule has 3 aromatic rings. The summed E-state index contributed by atoms with van der Waals surface area (Å²) in [6.45, 7) is 0.829. The molecule has 2 aromatic carbocycles. The standard InChI is InChI=1S/C19H21N3O/c1-22(2)13-18(14-8-4-3-5-9-14)21-19(23)17-12-15-10-6-7-11-16(15)20-17/h3-12,18,20H,13H2,1-2H3,(H,21,23)/p+1/t18-/m1/s1. The second-order valence-corrected chi connectivity index (χ2v) is 6.12. The molecule has 3 rings (SSSR count). The third kappa shape index (κ3) is 3.60. The molecule has 1 aromatic heterocycles. The van der Waals surface area contributed by atoms with Crippen molar-refractivity contribution in [2.45, 2.75) is 6.04 Å². The Hall–Kier alpha value is -2.59. The van der Waals surface area contributed by atoms with E-state index >= 15 is 0 Å². The van der Waals surface area contributed by atoms with E-state index in [1.807, 2.05) is 48.5 Å². The van der Waals surface area contributed by atoms with E-state index in [0.29, 0.717) is 5.69 Å². The lowest BCUT2D eigenvalue weighted by molar-refractivity contribution is -0.860. The van der Waals surface area contributed by atoms with Crippen molar-refractivity contribution < 1.29 is 9.69 Å². The Labute approximate surface area is 136 Å². The number of benzene rings is 2. The van der Waals surface area contributed by atoms with Gasteiger partial charge in [-0.15, -0.1) is 0 Å². The van der Waals surface area contributed by atoms with Crippen molar-refractivity contribution in [3.8, 4) is 0 Å². The molecule has 118 valence electrons. The van der Waals surface area contributed by atoms with Gasteiger partial charge in [-0.2, -0.15) is 0 Å². The second kappa shape index (κ2) is 6.67. The van der Waals surface area contributed by atoms with E-state index in [-0.39, 0.29) is 11.9 Å². The van der Waals surface area contributed by atoms with Crippen LogP contribution in [0.3, 0.4) is 0 Å². The van der Waals surface area contributed by atoms with Crippen molar-refractivity contribution >= 4 is 16.8 Å². The van der Waals surface area contributed by atoms with E-state index in [9.17, 15) is 4.79 Å². The van der Waals surface area contributed by atoms with Gasteiger partial charge in [-0.05, 0) is 17.7 Å². The summed E-state index contributed by atoms with van der Waals surface area (Å²) >= 11 is 0. The van der Waals surface area contributed by atoms with Crippen LogP contribution in [0.1, 0.15) is 22.1 Å². The van der Waals surface area contributed by atoms with Crippen LogP contribution in [0.25, 0.3) is 10.9 Å². The summed E-state index contributed by atoms with van der Waals surface area (Å²) in [4.78, 5) is 17.1. The first kappa shape index (κ1) is 15.3. The summed E-state index contributed by atoms with van der Waals surface area (Å²) in [6.07, 6.45) is 0. The molecule has 23 heavy (non-hydrogen) atoms. The number of amides is 1. The van der Waals surface area contributed by atoms with Gasteiger partial charge in [-0.3, -0.25) is 4.79 Å². The fourth-order valence-electron chi connectivity index (χ4n) is 2.78. The maximum absolute atomic E-state index is 12.6. The number of H-pyrrole nitrogens is 1. The molecule has 0 spiro atoms. The SMILES string of the molecule is C[NH+](C)C[C@@H](NC(=O)c1cc2ccccc2[nH]1)c1ccccc1. The van der Waals surface area contributed by atoms with Gasteiger partial charge in [0.15, 0.2) is 0 Å². The molecule has 1 heterocycles. The van der Waals surface area contributed by atoms with Gasteiger partial charge >= 0.3 is 0 Å². The first-order valence-electron chi connectivity index (χ1n) is 7.86. The summed E-state index contributed by atoms with van der Waals surface area (Å²) in [5.74, 6) is -0.0729. The van der Waals surface area contributed by atoms with Crippen LogP contribution in [0.4, 0.5) is 0 Å². The maximum atomic E-state index is 12.6. The molecule has 1 amide bonds.